The molecule has 8 nitrogen and oxygen atoms in total. The first-order chi connectivity index (χ1) is 8.75. The van der Waals surface area contributed by atoms with Crippen LogP contribution in [0.25, 0.3) is 0 Å². The summed E-state index contributed by atoms with van der Waals surface area (Å²) in [6.07, 6.45) is 0.419. The Hall–Kier alpha value is -1.42. The average Bonchev–Trinajstić information content (AvgIpc) is 2.68. The molecule has 0 fully saturated rings. The molecule has 4 N–H and O–H groups in total. The number of ether oxygens (including phenoxy) is 1. The molecular formula is C10H17N3O5S. The van der Waals surface area contributed by atoms with Crippen LogP contribution >= 0.6 is 0 Å². The van der Waals surface area contributed by atoms with E-state index in [9.17, 15) is 18.3 Å². The normalized spacial score (nSPS) is 13.3. The summed E-state index contributed by atoms with van der Waals surface area (Å²) in [7, 11) is -0.894. The molecule has 0 aliphatic heterocycles. The Labute approximate surface area is 111 Å². The summed E-state index contributed by atoms with van der Waals surface area (Å²) in [6.45, 7) is 0.0956. The van der Waals surface area contributed by atoms with Gasteiger partial charge in [-0.25, -0.2) is 13.6 Å². The number of methoxy groups -OCH3 is 1. The smallest absolute Gasteiger partial charge is 0.268 e. The molecule has 1 unspecified atom stereocenters. The van der Waals surface area contributed by atoms with Gasteiger partial charge in [-0.05, 0) is 6.07 Å². The van der Waals surface area contributed by atoms with Crippen molar-refractivity contribution >= 4 is 15.9 Å². The van der Waals surface area contributed by atoms with Gasteiger partial charge < -0.3 is 19.7 Å². The Morgan fingerprint density at radius 2 is 2.26 bits per heavy atom. The predicted molar refractivity (Wildman–Crippen MR) is 67.0 cm³/mol. The number of nitrogens with two attached hydrogens (primary N) is 1. The van der Waals surface area contributed by atoms with E-state index in [4.69, 9.17) is 9.88 Å². The number of primary sulfonamides is 1. The van der Waals surface area contributed by atoms with Gasteiger partial charge in [0, 0.05) is 26.9 Å². The molecule has 0 saturated carbocycles. The van der Waals surface area contributed by atoms with E-state index in [0.29, 0.717) is 0 Å². The topological polar surface area (TPSA) is 124 Å². The van der Waals surface area contributed by atoms with Gasteiger partial charge in [-0.15, -0.1) is 0 Å². The SMILES string of the molecule is COCC(O)CNC(=O)c1cc(S(N)(=O)=O)cn1C. The number of nitrogens with one attached hydrogen (secondary N) is 1. The van der Waals surface area contributed by atoms with Crippen molar-refractivity contribution in [2.75, 3.05) is 20.3 Å². The number of rotatable bonds is 6. The van der Waals surface area contributed by atoms with Crippen LogP contribution in [-0.2, 0) is 21.8 Å². The quantitative estimate of drug-likeness (QED) is 0.583. The van der Waals surface area contributed by atoms with Crippen molar-refractivity contribution in [1.82, 2.24) is 9.88 Å². The molecule has 1 aromatic rings. The van der Waals surface area contributed by atoms with Crippen molar-refractivity contribution in [1.29, 1.82) is 0 Å². The second kappa shape index (κ2) is 6.15. The highest BCUT2D eigenvalue weighted by atomic mass is 32.2. The lowest BCUT2D eigenvalue weighted by atomic mass is 10.3. The Balaban J connectivity index is 2.75. The fraction of sp³-hybridized carbons (Fsp3) is 0.500. The van der Waals surface area contributed by atoms with Gasteiger partial charge >= 0.3 is 0 Å². The monoisotopic (exact) mass is 291 g/mol. The molecule has 19 heavy (non-hydrogen) atoms. The van der Waals surface area contributed by atoms with E-state index >= 15 is 0 Å². The van der Waals surface area contributed by atoms with Crippen molar-refractivity contribution in [2.45, 2.75) is 11.0 Å². The highest BCUT2D eigenvalue weighted by molar-refractivity contribution is 7.89. The summed E-state index contributed by atoms with van der Waals surface area (Å²) in [5.74, 6) is -0.507. The van der Waals surface area contributed by atoms with E-state index in [-0.39, 0.29) is 23.7 Å². The second-order valence-corrected chi connectivity index (χ2v) is 5.60. The van der Waals surface area contributed by atoms with Gasteiger partial charge in [-0.1, -0.05) is 0 Å². The molecule has 0 aliphatic carbocycles. The third-order valence-corrected chi connectivity index (χ3v) is 3.28. The molecule has 9 heteroatoms. The number of sulfonamides is 1. The molecule has 0 spiro atoms. The Morgan fingerprint density at radius 3 is 2.74 bits per heavy atom. The third kappa shape index (κ3) is 4.31. The van der Waals surface area contributed by atoms with E-state index < -0.39 is 22.0 Å². The number of nitrogens with zero attached hydrogens (tertiary/aromatic N) is 1. The van der Waals surface area contributed by atoms with Crippen molar-refractivity contribution in [3.8, 4) is 0 Å². The molecule has 0 aromatic carbocycles. The van der Waals surface area contributed by atoms with Gasteiger partial charge in [0.15, 0.2) is 0 Å². The fourth-order valence-electron chi connectivity index (χ4n) is 1.47. The van der Waals surface area contributed by atoms with Crippen LogP contribution < -0.4 is 10.5 Å². The van der Waals surface area contributed by atoms with Gasteiger partial charge in [0.25, 0.3) is 5.91 Å². The molecule has 0 radical (unpaired) electrons. The van der Waals surface area contributed by atoms with Crippen LogP contribution in [-0.4, -0.2) is 50.4 Å². The first-order valence-corrected chi connectivity index (χ1v) is 6.94. The maximum atomic E-state index is 11.8. The highest BCUT2D eigenvalue weighted by Gasteiger charge is 2.17. The van der Waals surface area contributed by atoms with E-state index in [1.165, 1.54) is 31.0 Å². The number of aliphatic hydroxyl groups excluding tert-OH is 1. The first kappa shape index (κ1) is 15.6. The van der Waals surface area contributed by atoms with Crippen molar-refractivity contribution in [3.63, 3.8) is 0 Å². The zero-order valence-corrected chi connectivity index (χ0v) is 11.5. The lowest BCUT2D eigenvalue weighted by molar-refractivity contribution is 0.0608. The number of hydrogen-bond acceptors (Lipinski definition) is 5. The standard InChI is InChI=1S/C10H17N3O5S/c1-13-5-8(19(11,16)17)3-9(13)10(15)12-4-7(14)6-18-2/h3,5,7,14H,4,6H2,1-2H3,(H,12,15)(H2,11,16,17). The van der Waals surface area contributed by atoms with E-state index in [1.807, 2.05) is 0 Å². The van der Waals surface area contributed by atoms with Gasteiger partial charge in [0.2, 0.25) is 10.0 Å². The zero-order chi connectivity index (χ0) is 14.6. The van der Waals surface area contributed by atoms with Crippen LogP contribution in [0.15, 0.2) is 17.2 Å². The van der Waals surface area contributed by atoms with E-state index in [0.717, 1.165) is 0 Å². The summed E-state index contributed by atoms with van der Waals surface area (Å²) in [5, 5.41) is 16.8. The van der Waals surface area contributed by atoms with Crippen LogP contribution in [0.2, 0.25) is 0 Å². The molecule has 1 heterocycles. The minimum atomic E-state index is -3.85. The summed E-state index contributed by atoms with van der Waals surface area (Å²) >= 11 is 0. The zero-order valence-electron chi connectivity index (χ0n) is 10.7. The predicted octanol–water partition coefficient (Wildman–Crippen LogP) is -1.59. The number of carbonyl (C=O) groups is 1. The van der Waals surface area contributed by atoms with Crippen LogP contribution in [0.3, 0.4) is 0 Å². The number of amides is 1. The molecular weight excluding hydrogens is 274 g/mol. The summed E-state index contributed by atoms with van der Waals surface area (Å²) in [4.78, 5) is 11.7. The van der Waals surface area contributed by atoms with Gasteiger partial charge in [0.05, 0.1) is 12.7 Å². The molecule has 1 atom stereocenters. The van der Waals surface area contributed by atoms with Crippen molar-refractivity contribution in [3.05, 3.63) is 18.0 Å². The molecule has 0 saturated heterocycles. The summed E-state index contributed by atoms with van der Waals surface area (Å²) in [5.41, 5.74) is 0.133. The second-order valence-electron chi connectivity index (χ2n) is 4.04. The Kier molecular flexibility index (Phi) is 5.06. The molecule has 1 amide bonds. The Bertz CT molecular complexity index is 552. The van der Waals surface area contributed by atoms with Crippen LogP contribution in [0.1, 0.15) is 10.5 Å². The van der Waals surface area contributed by atoms with Crippen molar-refractivity contribution in [2.24, 2.45) is 12.2 Å². The lowest BCUT2D eigenvalue weighted by Gasteiger charge is -2.10. The minimum Gasteiger partial charge on any atom is -0.389 e. The number of carbonyl (C=O) groups excluding carboxylic acids is 1. The number of hydrogen-bond donors (Lipinski definition) is 3. The lowest BCUT2D eigenvalue weighted by Crippen LogP contribution is -2.35. The molecule has 0 bridgehead atoms. The van der Waals surface area contributed by atoms with Crippen LogP contribution in [0, 0.1) is 0 Å². The van der Waals surface area contributed by atoms with E-state index in [2.05, 4.69) is 5.32 Å². The number of aryl methyl sites for hydroxylation is 1. The first-order valence-electron chi connectivity index (χ1n) is 5.40. The highest BCUT2D eigenvalue weighted by Crippen LogP contribution is 2.11. The summed E-state index contributed by atoms with van der Waals surface area (Å²) in [6, 6.07) is 1.17. The minimum absolute atomic E-state index is 0.00254. The number of aromatic nitrogens is 1. The van der Waals surface area contributed by atoms with E-state index in [1.54, 1.807) is 0 Å². The summed E-state index contributed by atoms with van der Waals surface area (Å²) < 4.78 is 28.4. The van der Waals surface area contributed by atoms with Crippen molar-refractivity contribution < 1.29 is 23.1 Å². The Morgan fingerprint density at radius 1 is 1.63 bits per heavy atom. The molecule has 1 rings (SSSR count). The van der Waals surface area contributed by atoms with Crippen LogP contribution in [0.5, 0.6) is 0 Å². The maximum absolute atomic E-state index is 11.8. The number of aliphatic hydroxyl groups is 1. The maximum Gasteiger partial charge on any atom is 0.268 e. The molecule has 0 aliphatic rings. The molecule has 1 aromatic heterocycles. The van der Waals surface area contributed by atoms with Gasteiger partial charge in [-0.3, -0.25) is 4.79 Å². The average molecular weight is 291 g/mol. The van der Waals surface area contributed by atoms with Crippen LogP contribution in [0.4, 0.5) is 0 Å². The third-order valence-electron chi connectivity index (χ3n) is 2.40. The van der Waals surface area contributed by atoms with Gasteiger partial charge in [-0.2, -0.15) is 0 Å². The fourth-order valence-corrected chi connectivity index (χ4v) is 2.05. The van der Waals surface area contributed by atoms with Gasteiger partial charge in [0.1, 0.15) is 10.6 Å². The molecule has 108 valence electrons. The largest absolute Gasteiger partial charge is 0.389 e.